The summed E-state index contributed by atoms with van der Waals surface area (Å²) in [5.74, 6) is -2.90. The molecule has 0 aliphatic rings. The van der Waals surface area contributed by atoms with E-state index in [4.69, 9.17) is 0 Å². The van der Waals surface area contributed by atoms with Crippen molar-refractivity contribution < 1.29 is 8.78 Å². The van der Waals surface area contributed by atoms with Gasteiger partial charge in [-0.2, -0.15) is 8.78 Å². The lowest BCUT2D eigenvalue weighted by atomic mass is 10.3. The Labute approximate surface area is 69.4 Å². The molecule has 1 aromatic rings. The summed E-state index contributed by atoms with van der Waals surface area (Å²) in [6.07, 6.45) is 1.27. The first-order valence-electron chi connectivity index (χ1n) is 3.71. The summed E-state index contributed by atoms with van der Waals surface area (Å²) in [5, 5.41) is 6.94. The Morgan fingerprint density at radius 1 is 1.50 bits per heavy atom. The smallest absolute Gasteiger partial charge is 0.250 e. The van der Waals surface area contributed by atoms with E-state index in [9.17, 15) is 8.78 Å². The average molecular weight is 175 g/mol. The van der Waals surface area contributed by atoms with E-state index < -0.39 is 5.92 Å². The molecule has 0 bridgehead atoms. The zero-order valence-corrected chi connectivity index (χ0v) is 7.25. The average Bonchev–Trinajstić information content (AvgIpc) is 2.30. The standard InChI is InChI=1S/C7H11F2N3/c1-5(2)12-4-6(10-11-12)7(3,8)9/h4-5H,1-3H3. The Bertz CT molecular complexity index is 262. The van der Waals surface area contributed by atoms with Crippen molar-refractivity contribution in [3.63, 3.8) is 0 Å². The van der Waals surface area contributed by atoms with Gasteiger partial charge in [-0.3, -0.25) is 0 Å². The summed E-state index contributed by atoms with van der Waals surface area (Å²) in [5.41, 5.74) is -0.281. The van der Waals surface area contributed by atoms with Crippen LogP contribution in [0.25, 0.3) is 0 Å². The Kier molecular flexibility index (Phi) is 2.12. The van der Waals surface area contributed by atoms with Crippen molar-refractivity contribution in [2.24, 2.45) is 0 Å². The van der Waals surface area contributed by atoms with Gasteiger partial charge in [0.15, 0.2) is 5.69 Å². The summed E-state index contributed by atoms with van der Waals surface area (Å²) < 4.78 is 26.6. The summed E-state index contributed by atoms with van der Waals surface area (Å²) >= 11 is 0. The molecule has 12 heavy (non-hydrogen) atoms. The zero-order valence-electron chi connectivity index (χ0n) is 7.25. The number of alkyl halides is 2. The first-order valence-corrected chi connectivity index (χ1v) is 3.71. The van der Waals surface area contributed by atoms with Crippen molar-refractivity contribution in [1.82, 2.24) is 15.0 Å². The largest absolute Gasteiger partial charge is 0.290 e. The molecule has 0 spiro atoms. The summed E-state index contributed by atoms with van der Waals surface area (Å²) in [7, 11) is 0. The van der Waals surface area contributed by atoms with Gasteiger partial charge in [0.05, 0.1) is 6.20 Å². The van der Waals surface area contributed by atoms with Crippen molar-refractivity contribution in [2.45, 2.75) is 32.7 Å². The van der Waals surface area contributed by atoms with Gasteiger partial charge in [0.2, 0.25) is 0 Å². The van der Waals surface area contributed by atoms with Gasteiger partial charge >= 0.3 is 0 Å². The fraction of sp³-hybridized carbons (Fsp3) is 0.714. The molecule has 0 radical (unpaired) electrons. The molecule has 0 unspecified atom stereocenters. The minimum Gasteiger partial charge on any atom is -0.250 e. The van der Waals surface area contributed by atoms with E-state index in [1.165, 1.54) is 10.9 Å². The lowest BCUT2D eigenvalue weighted by molar-refractivity contribution is 0.0126. The van der Waals surface area contributed by atoms with Gasteiger partial charge < -0.3 is 0 Å². The predicted octanol–water partition coefficient (Wildman–Crippen LogP) is 1.97. The molecule has 3 nitrogen and oxygen atoms in total. The highest BCUT2D eigenvalue weighted by Crippen LogP contribution is 2.24. The lowest BCUT2D eigenvalue weighted by Crippen LogP contribution is -2.07. The van der Waals surface area contributed by atoms with Gasteiger partial charge in [-0.1, -0.05) is 5.21 Å². The molecule has 0 aliphatic heterocycles. The normalized spacial score (nSPS) is 12.5. The minimum absolute atomic E-state index is 0.0635. The maximum absolute atomic E-state index is 12.6. The van der Waals surface area contributed by atoms with Crippen molar-refractivity contribution >= 4 is 0 Å². The summed E-state index contributed by atoms with van der Waals surface area (Å²) in [4.78, 5) is 0. The molecular formula is C7H11F2N3. The van der Waals surface area contributed by atoms with Crippen molar-refractivity contribution in [3.05, 3.63) is 11.9 Å². The third-order valence-electron chi connectivity index (χ3n) is 1.49. The lowest BCUT2D eigenvalue weighted by Gasteiger charge is -2.04. The number of hydrogen-bond donors (Lipinski definition) is 0. The molecule has 68 valence electrons. The maximum atomic E-state index is 12.6. The van der Waals surface area contributed by atoms with Crippen LogP contribution in [0.4, 0.5) is 8.78 Å². The van der Waals surface area contributed by atoms with Gasteiger partial charge in [0, 0.05) is 13.0 Å². The van der Waals surface area contributed by atoms with Crippen LogP contribution in [0.3, 0.4) is 0 Å². The molecule has 0 atom stereocenters. The zero-order chi connectivity index (χ0) is 9.35. The fourth-order valence-corrected chi connectivity index (χ4v) is 0.730. The van der Waals surface area contributed by atoms with Crippen molar-refractivity contribution in [2.75, 3.05) is 0 Å². The van der Waals surface area contributed by atoms with E-state index in [0.717, 1.165) is 6.92 Å². The highest BCUT2D eigenvalue weighted by molar-refractivity contribution is 5.00. The molecule has 0 amide bonds. The van der Waals surface area contributed by atoms with Gasteiger partial charge in [-0.05, 0) is 13.8 Å². The number of rotatable bonds is 2. The van der Waals surface area contributed by atoms with Crippen LogP contribution >= 0.6 is 0 Å². The predicted molar refractivity (Wildman–Crippen MR) is 40.0 cm³/mol. The van der Waals surface area contributed by atoms with Gasteiger partial charge in [-0.25, -0.2) is 4.68 Å². The highest BCUT2D eigenvalue weighted by atomic mass is 19.3. The molecule has 1 heterocycles. The van der Waals surface area contributed by atoms with Crippen LogP contribution in [0.15, 0.2) is 6.20 Å². The molecule has 1 aromatic heterocycles. The topological polar surface area (TPSA) is 30.7 Å². The van der Waals surface area contributed by atoms with E-state index in [-0.39, 0.29) is 11.7 Å². The molecule has 0 saturated carbocycles. The highest BCUT2D eigenvalue weighted by Gasteiger charge is 2.28. The molecule has 0 aliphatic carbocycles. The number of aromatic nitrogens is 3. The molecule has 0 fully saturated rings. The third kappa shape index (κ3) is 1.78. The van der Waals surface area contributed by atoms with E-state index in [2.05, 4.69) is 10.3 Å². The quantitative estimate of drug-likeness (QED) is 0.688. The Morgan fingerprint density at radius 3 is 2.33 bits per heavy atom. The van der Waals surface area contributed by atoms with Crippen LogP contribution in [0.2, 0.25) is 0 Å². The van der Waals surface area contributed by atoms with Crippen molar-refractivity contribution in [1.29, 1.82) is 0 Å². The minimum atomic E-state index is -2.90. The molecular weight excluding hydrogens is 164 g/mol. The van der Waals surface area contributed by atoms with Crippen LogP contribution in [-0.4, -0.2) is 15.0 Å². The van der Waals surface area contributed by atoms with Crippen LogP contribution in [0.5, 0.6) is 0 Å². The molecule has 0 N–H and O–H groups in total. The first kappa shape index (κ1) is 9.09. The second-order valence-electron chi connectivity index (χ2n) is 3.07. The Balaban J connectivity index is 2.92. The monoisotopic (exact) mass is 175 g/mol. The SMILES string of the molecule is CC(C)n1cc(C(C)(F)F)nn1. The second-order valence-corrected chi connectivity index (χ2v) is 3.07. The van der Waals surface area contributed by atoms with Crippen LogP contribution in [0.1, 0.15) is 32.5 Å². The van der Waals surface area contributed by atoms with E-state index in [1.807, 2.05) is 13.8 Å². The Hall–Kier alpha value is -1.00. The van der Waals surface area contributed by atoms with Gasteiger partial charge in [-0.15, -0.1) is 5.10 Å². The first-order chi connectivity index (χ1) is 5.41. The molecule has 0 aromatic carbocycles. The fourth-order valence-electron chi connectivity index (χ4n) is 0.730. The number of nitrogens with zero attached hydrogens (tertiary/aromatic N) is 3. The van der Waals surface area contributed by atoms with Crippen molar-refractivity contribution in [3.8, 4) is 0 Å². The van der Waals surface area contributed by atoms with Crippen LogP contribution in [0, 0.1) is 0 Å². The van der Waals surface area contributed by atoms with Crippen LogP contribution < -0.4 is 0 Å². The summed E-state index contributed by atoms with van der Waals surface area (Å²) in [6, 6.07) is 0.0635. The maximum Gasteiger partial charge on any atom is 0.290 e. The number of hydrogen-bond acceptors (Lipinski definition) is 2. The summed E-state index contributed by atoms with van der Waals surface area (Å²) in [6.45, 7) is 4.51. The van der Waals surface area contributed by atoms with E-state index in [0.29, 0.717) is 0 Å². The van der Waals surface area contributed by atoms with Crippen LogP contribution in [-0.2, 0) is 5.92 Å². The number of halogens is 2. The Morgan fingerprint density at radius 2 is 2.08 bits per heavy atom. The van der Waals surface area contributed by atoms with Gasteiger partial charge in [0.1, 0.15) is 0 Å². The molecule has 1 rings (SSSR count). The second kappa shape index (κ2) is 2.80. The van der Waals surface area contributed by atoms with E-state index in [1.54, 1.807) is 0 Å². The van der Waals surface area contributed by atoms with E-state index >= 15 is 0 Å². The molecule has 0 saturated heterocycles. The van der Waals surface area contributed by atoms with Gasteiger partial charge in [0.25, 0.3) is 5.92 Å². The molecule has 5 heteroatoms. The third-order valence-corrected chi connectivity index (χ3v) is 1.49.